The van der Waals surface area contributed by atoms with Gasteiger partial charge in [0.1, 0.15) is 0 Å². The Kier molecular flexibility index (Phi) is 4.88. The Bertz CT molecular complexity index is 495. The maximum Gasteiger partial charge on any atom is 0.318 e. The first-order chi connectivity index (χ1) is 9.93. The van der Waals surface area contributed by atoms with Crippen LogP contribution in [-0.2, 0) is 4.79 Å². The van der Waals surface area contributed by atoms with Gasteiger partial charge < -0.3 is 15.3 Å². The molecule has 1 aliphatic carbocycles. The summed E-state index contributed by atoms with van der Waals surface area (Å²) in [4.78, 5) is 26.3. The van der Waals surface area contributed by atoms with Gasteiger partial charge in [-0.1, -0.05) is 18.9 Å². The Morgan fingerprint density at radius 3 is 2.67 bits per heavy atom. The van der Waals surface area contributed by atoms with Crippen LogP contribution < -0.4 is 5.32 Å². The van der Waals surface area contributed by atoms with Crippen molar-refractivity contribution in [3.63, 3.8) is 0 Å². The van der Waals surface area contributed by atoms with Crippen LogP contribution in [0.4, 0.5) is 4.79 Å². The SMILES string of the molecule is CC(c1cccs1)N(C)C(=O)NC1(CC(=O)O)CCCC1. The van der Waals surface area contributed by atoms with Crippen LogP contribution in [0.1, 0.15) is 49.9 Å². The molecular weight excluding hydrogens is 288 g/mol. The fraction of sp³-hybridized carbons (Fsp3) is 0.600. The maximum absolute atomic E-state index is 12.4. The molecule has 21 heavy (non-hydrogen) atoms. The molecule has 0 aromatic carbocycles. The molecule has 1 aliphatic rings. The number of carbonyl (C=O) groups is 2. The molecule has 1 fully saturated rings. The van der Waals surface area contributed by atoms with Crippen LogP contribution in [0.15, 0.2) is 17.5 Å². The molecule has 6 heteroatoms. The van der Waals surface area contributed by atoms with Crippen LogP contribution in [0.2, 0.25) is 0 Å². The van der Waals surface area contributed by atoms with Crippen molar-refractivity contribution >= 4 is 23.3 Å². The number of rotatable bonds is 5. The number of hydrogen-bond acceptors (Lipinski definition) is 3. The van der Waals surface area contributed by atoms with Crippen LogP contribution in [0.3, 0.4) is 0 Å². The number of urea groups is 1. The number of carboxylic acids is 1. The predicted octanol–water partition coefficient (Wildman–Crippen LogP) is 3.24. The summed E-state index contributed by atoms with van der Waals surface area (Å²) in [6, 6.07) is 3.75. The van der Waals surface area contributed by atoms with Gasteiger partial charge in [0.05, 0.1) is 18.0 Å². The Labute approximate surface area is 129 Å². The fourth-order valence-electron chi connectivity index (χ4n) is 2.90. The average molecular weight is 310 g/mol. The molecule has 5 nitrogen and oxygen atoms in total. The lowest BCUT2D eigenvalue weighted by atomic mass is 9.93. The van der Waals surface area contributed by atoms with Gasteiger partial charge in [-0.25, -0.2) is 4.79 Å². The molecule has 1 aromatic rings. The fourth-order valence-corrected chi connectivity index (χ4v) is 3.72. The van der Waals surface area contributed by atoms with E-state index in [1.807, 2.05) is 24.4 Å². The standard InChI is InChI=1S/C15H22N2O3S/c1-11(12-6-5-9-21-12)17(2)14(20)16-15(10-13(18)19)7-3-4-8-15/h5-6,9,11H,3-4,7-8,10H2,1-2H3,(H,16,20)(H,18,19). The van der Waals surface area contributed by atoms with Crippen LogP contribution in [-0.4, -0.2) is 34.6 Å². The topological polar surface area (TPSA) is 69.6 Å². The first kappa shape index (κ1) is 15.8. The van der Waals surface area contributed by atoms with Crippen molar-refractivity contribution in [3.05, 3.63) is 22.4 Å². The van der Waals surface area contributed by atoms with E-state index < -0.39 is 11.5 Å². The number of nitrogens with one attached hydrogen (secondary N) is 1. The summed E-state index contributed by atoms with van der Waals surface area (Å²) < 4.78 is 0. The van der Waals surface area contributed by atoms with Gasteiger partial charge >= 0.3 is 12.0 Å². The highest BCUT2D eigenvalue weighted by molar-refractivity contribution is 7.10. The van der Waals surface area contributed by atoms with E-state index in [1.54, 1.807) is 23.3 Å². The minimum atomic E-state index is -0.855. The van der Waals surface area contributed by atoms with Gasteiger partial charge in [0.15, 0.2) is 0 Å². The normalized spacial score (nSPS) is 18.2. The number of amides is 2. The lowest BCUT2D eigenvalue weighted by Crippen LogP contribution is -2.52. The van der Waals surface area contributed by atoms with Crippen molar-refractivity contribution in [3.8, 4) is 0 Å². The van der Waals surface area contributed by atoms with E-state index in [4.69, 9.17) is 5.11 Å². The van der Waals surface area contributed by atoms with E-state index in [1.165, 1.54) is 0 Å². The molecule has 1 saturated carbocycles. The average Bonchev–Trinajstić information content (AvgIpc) is 3.07. The van der Waals surface area contributed by atoms with Gasteiger partial charge in [0.25, 0.3) is 0 Å². The number of hydrogen-bond donors (Lipinski definition) is 2. The van der Waals surface area contributed by atoms with Gasteiger partial charge in [-0.15, -0.1) is 11.3 Å². The molecule has 2 amide bonds. The molecule has 1 unspecified atom stereocenters. The van der Waals surface area contributed by atoms with Crippen LogP contribution in [0, 0.1) is 0 Å². The van der Waals surface area contributed by atoms with Gasteiger partial charge in [-0.2, -0.15) is 0 Å². The van der Waals surface area contributed by atoms with E-state index in [0.717, 1.165) is 30.6 Å². The molecule has 1 heterocycles. The highest BCUT2D eigenvalue weighted by atomic mass is 32.1. The zero-order chi connectivity index (χ0) is 15.5. The van der Waals surface area contributed by atoms with Gasteiger partial charge in [0.2, 0.25) is 0 Å². The lowest BCUT2D eigenvalue weighted by molar-refractivity contribution is -0.138. The Hall–Kier alpha value is -1.56. The molecule has 0 spiro atoms. The second kappa shape index (κ2) is 6.47. The molecule has 116 valence electrons. The second-order valence-electron chi connectivity index (χ2n) is 5.79. The van der Waals surface area contributed by atoms with Crippen molar-refractivity contribution < 1.29 is 14.7 Å². The van der Waals surface area contributed by atoms with Crippen LogP contribution >= 0.6 is 11.3 Å². The van der Waals surface area contributed by atoms with E-state index in [9.17, 15) is 9.59 Å². The second-order valence-corrected chi connectivity index (χ2v) is 6.77. The van der Waals surface area contributed by atoms with Crippen molar-refractivity contribution in [1.82, 2.24) is 10.2 Å². The zero-order valence-electron chi connectivity index (χ0n) is 12.5. The summed E-state index contributed by atoms with van der Waals surface area (Å²) in [6.45, 7) is 1.98. The van der Waals surface area contributed by atoms with Gasteiger partial charge in [-0.3, -0.25) is 4.79 Å². The van der Waals surface area contributed by atoms with Crippen LogP contribution in [0.25, 0.3) is 0 Å². The Morgan fingerprint density at radius 2 is 2.14 bits per heavy atom. The van der Waals surface area contributed by atoms with Gasteiger partial charge in [0, 0.05) is 11.9 Å². The third kappa shape index (κ3) is 3.75. The zero-order valence-corrected chi connectivity index (χ0v) is 13.3. The van der Waals surface area contributed by atoms with E-state index >= 15 is 0 Å². The number of nitrogens with zero attached hydrogens (tertiary/aromatic N) is 1. The number of carbonyl (C=O) groups excluding carboxylic acids is 1. The van der Waals surface area contributed by atoms with E-state index in [0.29, 0.717) is 0 Å². The maximum atomic E-state index is 12.4. The smallest absolute Gasteiger partial charge is 0.318 e. The summed E-state index contributed by atoms with van der Waals surface area (Å²) in [6.07, 6.45) is 3.42. The van der Waals surface area contributed by atoms with Crippen molar-refractivity contribution in [2.24, 2.45) is 0 Å². The highest BCUT2D eigenvalue weighted by Crippen LogP contribution is 2.33. The van der Waals surface area contributed by atoms with Crippen molar-refractivity contribution in [2.45, 2.75) is 50.6 Å². The summed E-state index contributed by atoms with van der Waals surface area (Å²) >= 11 is 1.61. The molecule has 1 aromatic heterocycles. The monoisotopic (exact) mass is 310 g/mol. The number of aliphatic carboxylic acids is 1. The molecule has 1 atom stereocenters. The van der Waals surface area contributed by atoms with Crippen molar-refractivity contribution in [2.75, 3.05) is 7.05 Å². The third-order valence-electron chi connectivity index (χ3n) is 4.28. The quantitative estimate of drug-likeness (QED) is 0.877. The van der Waals surface area contributed by atoms with Crippen molar-refractivity contribution in [1.29, 1.82) is 0 Å². The first-order valence-electron chi connectivity index (χ1n) is 7.24. The molecule has 0 saturated heterocycles. The first-order valence-corrected chi connectivity index (χ1v) is 8.12. The molecule has 2 N–H and O–H groups in total. The van der Waals surface area contributed by atoms with Gasteiger partial charge in [-0.05, 0) is 31.2 Å². The summed E-state index contributed by atoms with van der Waals surface area (Å²) in [5.41, 5.74) is -0.577. The lowest BCUT2D eigenvalue weighted by Gasteiger charge is -2.33. The largest absolute Gasteiger partial charge is 0.481 e. The molecule has 0 radical (unpaired) electrons. The minimum absolute atomic E-state index is 0.0000368. The molecule has 2 rings (SSSR count). The molecule has 0 aliphatic heterocycles. The Balaban J connectivity index is 2.03. The van der Waals surface area contributed by atoms with Crippen LogP contribution in [0.5, 0.6) is 0 Å². The highest BCUT2D eigenvalue weighted by Gasteiger charge is 2.38. The number of carboxylic acid groups (broad SMARTS) is 1. The van der Waals surface area contributed by atoms with E-state index in [2.05, 4.69) is 5.32 Å². The van der Waals surface area contributed by atoms with E-state index in [-0.39, 0.29) is 18.5 Å². The summed E-state index contributed by atoms with van der Waals surface area (Å²) in [5.74, 6) is -0.855. The number of thiophene rings is 1. The molecule has 0 bridgehead atoms. The minimum Gasteiger partial charge on any atom is -0.481 e. The summed E-state index contributed by atoms with van der Waals surface area (Å²) in [7, 11) is 1.75. The third-order valence-corrected chi connectivity index (χ3v) is 5.32. The predicted molar refractivity (Wildman–Crippen MR) is 82.5 cm³/mol. The molecular formula is C15H22N2O3S. The summed E-state index contributed by atoms with van der Waals surface area (Å²) in [5, 5.41) is 14.1. The Morgan fingerprint density at radius 1 is 1.48 bits per heavy atom.